The number of amides is 1. The molecule has 0 bridgehead atoms. The number of piperazine rings is 1. The number of benzene rings is 2. The van der Waals surface area contributed by atoms with E-state index in [9.17, 15) is 9.18 Å². The predicted octanol–water partition coefficient (Wildman–Crippen LogP) is 4.06. The van der Waals surface area contributed by atoms with Crippen LogP contribution in [0.15, 0.2) is 36.4 Å². The van der Waals surface area contributed by atoms with Crippen LogP contribution in [0, 0.1) is 5.82 Å². The van der Waals surface area contributed by atoms with E-state index >= 15 is 0 Å². The van der Waals surface area contributed by atoms with Gasteiger partial charge >= 0.3 is 0 Å². The highest BCUT2D eigenvalue weighted by atomic mass is 35.5. The summed E-state index contributed by atoms with van der Waals surface area (Å²) in [6, 6.07) is 10.1. The van der Waals surface area contributed by atoms with Gasteiger partial charge in [0, 0.05) is 26.2 Å². The summed E-state index contributed by atoms with van der Waals surface area (Å²) in [5.74, 6) is -0.213. The Morgan fingerprint density at radius 2 is 1.93 bits per heavy atom. The average molecular weight is 406 g/mol. The van der Waals surface area contributed by atoms with Gasteiger partial charge in [-0.2, -0.15) is 0 Å². The van der Waals surface area contributed by atoms with Gasteiger partial charge in [0.25, 0.3) is 5.91 Å². The number of anilines is 1. The number of fused-ring (bicyclic) bond motifs is 1. The summed E-state index contributed by atoms with van der Waals surface area (Å²) in [7, 11) is 1.63. The van der Waals surface area contributed by atoms with Gasteiger partial charge in [-0.25, -0.2) is 9.37 Å². The minimum Gasteiger partial charge on any atom is -0.494 e. The molecule has 8 heteroatoms. The van der Waals surface area contributed by atoms with Crippen LogP contribution in [0.4, 0.5) is 9.52 Å². The summed E-state index contributed by atoms with van der Waals surface area (Å²) in [5, 5.41) is 1.03. The van der Waals surface area contributed by atoms with Gasteiger partial charge in [-0.05, 0) is 24.3 Å². The lowest BCUT2D eigenvalue weighted by atomic mass is 10.1. The van der Waals surface area contributed by atoms with Crippen molar-refractivity contribution in [3.63, 3.8) is 0 Å². The van der Waals surface area contributed by atoms with Gasteiger partial charge < -0.3 is 14.5 Å². The summed E-state index contributed by atoms with van der Waals surface area (Å²) in [4.78, 5) is 21.1. The van der Waals surface area contributed by atoms with Gasteiger partial charge in [-0.3, -0.25) is 4.79 Å². The maximum atomic E-state index is 14.0. The van der Waals surface area contributed by atoms with Crippen molar-refractivity contribution in [2.75, 3.05) is 38.2 Å². The standard InChI is InChI=1S/C19H17ClFN3O2S/c1-26-14-6-3-7-15-17(14)22-19(27-15)24-10-8-23(9-11-24)18(25)16-12(20)4-2-5-13(16)21/h2-7H,8-11H2,1H3. The van der Waals surface area contributed by atoms with Crippen LogP contribution in [0.1, 0.15) is 10.4 Å². The number of carbonyl (C=O) groups excluding carboxylic acids is 1. The van der Waals surface area contributed by atoms with E-state index in [2.05, 4.69) is 4.90 Å². The molecule has 1 aromatic heterocycles. The maximum Gasteiger partial charge on any atom is 0.258 e. The first-order valence-electron chi connectivity index (χ1n) is 8.50. The quantitative estimate of drug-likeness (QED) is 0.659. The Morgan fingerprint density at radius 3 is 2.63 bits per heavy atom. The van der Waals surface area contributed by atoms with Crippen LogP contribution in [-0.2, 0) is 0 Å². The van der Waals surface area contributed by atoms with Gasteiger partial charge in [-0.1, -0.05) is 35.1 Å². The first kappa shape index (κ1) is 18.0. The average Bonchev–Trinajstić information content (AvgIpc) is 3.12. The van der Waals surface area contributed by atoms with Crippen LogP contribution in [0.2, 0.25) is 5.02 Å². The second kappa shape index (κ2) is 7.32. The molecule has 1 saturated heterocycles. The number of hydrogen-bond donors (Lipinski definition) is 0. The molecule has 140 valence electrons. The van der Waals surface area contributed by atoms with E-state index in [0.717, 1.165) is 21.1 Å². The molecule has 27 heavy (non-hydrogen) atoms. The van der Waals surface area contributed by atoms with Crippen molar-refractivity contribution < 1.29 is 13.9 Å². The number of halogens is 2. The summed E-state index contributed by atoms with van der Waals surface area (Å²) in [6.07, 6.45) is 0. The molecular formula is C19H17ClFN3O2S. The van der Waals surface area contributed by atoms with Crippen molar-refractivity contribution in [1.82, 2.24) is 9.88 Å². The molecule has 0 saturated carbocycles. The van der Waals surface area contributed by atoms with E-state index in [0.29, 0.717) is 26.2 Å². The minimum absolute atomic E-state index is 0.0580. The summed E-state index contributed by atoms with van der Waals surface area (Å²) < 4.78 is 20.5. The van der Waals surface area contributed by atoms with Crippen molar-refractivity contribution in [1.29, 1.82) is 0 Å². The Kier molecular flexibility index (Phi) is 4.88. The Balaban J connectivity index is 1.50. The lowest BCUT2D eigenvalue weighted by Gasteiger charge is -2.34. The van der Waals surface area contributed by atoms with E-state index < -0.39 is 5.82 Å². The first-order chi connectivity index (χ1) is 13.1. The number of thiazole rings is 1. The third kappa shape index (κ3) is 3.33. The normalized spacial score (nSPS) is 14.6. The number of aromatic nitrogens is 1. The smallest absolute Gasteiger partial charge is 0.258 e. The fraction of sp³-hybridized carbons (Fsp3) is 0.263. The van der Waals surface area contributed by atoms with Crippen molar-refractivity contribution in [3.05, 3.63) is 52.8 Å². The van der Waals surface area contributed by atoms with E-state index in [1.54, 1.807) is 23.3 Å². The molecule has 4 rings (SSSR count). The number of para-hydroxylation sites is 1. The molecule has 3 aromatic rings. The van der Waals surface area contributed by atoms with Gasteiger partial charge in [0.05, 0.1) is 22.4 Å². The number of rotatable bonds is 3. The van der Waals surface area contributed by atoms with Crippen molar-refractivity contribution in [3.8, 4) is 5.75 Å². The van der Waals surface area contributed by atoms with Crippen LogP contribution in [0.25, 0.3) is 10.2 Å². The lowest BCUT2D eigenvalue weighted by molar-refractivity contribution is 0.0742. The fourth-order valence-corrected chi connectivity index (χ4v) is 4.45. The van der Waals surface area contributed by atoms with Gasteiger partial charge in [-0.15, -0.1) is 0 Å². The van der Waals surface area contributed by atoms with Gasteiger partial charge in [0.1, 0.15) is 17.1 Å². The highest BCUT2D eigenvalue weighted by Gasteiger charge is 2.27. The number of methoxy groups -OCH3 is 1. The molecule has 1 amide bonds. The van der Waals surface area contributed by atoms with Gasteiger partial charge in [0.15, 0.2) is 5.13 Å². The Morgan fingerprint density at radius 1 is 1.19 bits per heavy atom. The highest BCUT2D eigenvalue weighted by molar-refractivity contribution is 7.22. The lowest BCUT2D eigenvalue weighted by Crippen LogP contribution is -2.49. The number of nitrogens with zero attached hydrogens (tertiary/aromatic N) is 3. The molecule has 1 fully saturated rings. The first-order valence-corrected chi connectivity index (χ1v) is 9.69. The Bertz CT molecular complexity index is 982. The van der Waals surface area contributed by atoms with Gasteiger partial charge in [0.2, 0.25) is 0 Å². The maximum absolute atomic E-state index is 14.0. The molecule has 0 radical (unpaired) electrons. The van der Waals surface area contributed by atoms with E-state index in [1.807, 2.05) is 18.2 Å². The Hall–Kier alpha value is -2.38. The molecule has 2 aromatic carbocycles. The SMILES string of the molecule is COc1cccc2sc(N3CCN(C(=O)c4c(F)cccc4Cl)CC3)nc12. The largest absolute Gasteiger partial charge is 0.494 e. The summed E-state index contributed by atoms with van der Waals surface area (Å²) >= 11 is 7.62. The zero-order valence-corrected chi connectivity index (χ0v) is 16.2. The van der Waals surface area contributed by atoms with E-state index in [4.69, 9.17) is 21.3 Å². The highest BCUT2D eigenvalue weighted by Crippen LogP contribution is 2.34. The molecule has 0 atom stereocenters. The van der Waals surface area contributed by atoms with Crippen LogP contribution >= 0.6 is 22.9 Å². The minimum atomic E-state index is -0.590. The predicted molar refractivity (Wildman–Crippen MR) is 106 cm³/mol. The fourth-order valence-electron chi connectivity index (χ4n) is 3.17. The number of ether oxygens (including phenoxy) is 1. The molecule has 2 heterocycles. The summed E-state index contributed by atoms with van der Waals surface area (Å²) in [6.45, 7) is 2.22. The molecule has 5 nitrogen and oxygen atoms in total. The molecule has 0 aliphatic carbocycles. The topological polar surface area (TPSA) is 45.7 Å². The zero-order valence-electron chi connectivity index (χ0n) is 14.6. The van der Waals surface area contributed by atoms with Crippen molar-refractivity contribution in [2.24, 2.45) is 0 Å². The third-order valence-electron chi connectivity index (χ3n) is 4.60. The monoisotopic (exact) mass is 405 g/mol. The third-order valence-corrected chi connectivity index (χ3v) is 6.00. The van der Waals surface area contributed by atoms with Crippen molar-refractivity contribution in [2.45, 2.75) is 0 Å². The molecule has 0 spiro atoms. The molecule has 1 aliphatic rings. The zero-order chi connectivity index (χ0) is 19.0. The number of carbonyl (C=O) groups is 1. The molecule has 0 unspecified atom stereocenters. The second-order valence-electron chi connectivity index (χ2n) is 6.18. The molecule has 0 N–H and O–H groups in total. The van der Waals surface area contributed by atoms with Crippen LogP contribution in [0.3, 0.4) is 0 Å². The van der Waals surface area contributed by atoms with E-state index in [-0.39, 0.29) is 16.5 Å². The van der Waals surface area contributed by atoms with Crippen LogP contribution in [0.5, 0.6) is 5.75 Å². The van der Waals surface area contributed by atoms with E-state index in [1.165, 1.54) is 18.2 Å². The number of hydrogen-bond acceptors (Lipinski definition) is 5. The Labute approximate surface area is 164 Å². The summed E-state index contributed by atoms with van der Waals surface area (Å²) in [5.41, 5.74) is 0.786. The van der Waals surface area contributed by atoms with Crippen LogP contribution in [-0.4, -0.2) is 49.1 Å². The molecule has 1 aliphatic heterocycles. The van der Waals surface area contributed by atoms with Crippen molar-refractivity contribution >= 4 is 44.2 Å². The molecular weight excluding hydrogens is 389 g/mol. The van der Waals surface area contributed by atoms with Crippen LogP contribution < -0.4 is 9.64 Å². The second-order valence-corrected chi connectivity index (χ2v) is 7.60.